The summed E-state index contributed by atoms with van der Waals surface area (Å²) in [5.74, 6) is 0.602. The van der Waals surface area contributed by atoms with Crippen LogP contribution < -0.4 is 5.73 Å². The third kappa shape index (κ3) is 4.77. The van der Waals surface area contributed by atoms with Gasteiger partial charge in [-0.15, -0.1) is 0 Å². The molecule has 0 bridgehead atoms. The van der Waals surface area contributed by atoms with Crippen molar-refractivity contribution in [1.82, 2.24) is 4.90 Å². The van der Waals surface area contributed by atoms with Crippen molar-refractivity contribution in [2.45, 2.75) is 59.2 Å². The minimum atomic E-state index is -0.297. The second kappa shape index (κ2) is 5.80. The highest BCUT2D eigenvalue weighted by atomic mass is 16.5. The molecule has 0 saturated carbocycles. The third-order valence-electron chi connectivity index (χ3n) is 3.40. The Balaban J connectivity index is 2.80. The van der Waals surface area contributed by atoms with Crippen molar-refractivity contribution >= 4 is 5.91 Å². The second-order valence-corrected chi connectivity index (χ2v) is 7.38. The highest BCUT2D eigenvalue weighted by molar-refractivity contribution is 5.79. The molecule has 0 aromatic carbocycles. The first-order valence-corrected chi connectivity index (χ1v) is 7.25. The smallest absolute Gasteiger partial charge is 0.227 e. The van der Waals surface area contributed by atoms with Gasteiger partial charge < -0.3 is 15.4 Å². The van der Waals surface area contributed by atoms with Gasteiger partial charge in [0.05, 0.1) is 17.1 Å². The predicted molar refractivity (Wildman–Crippen MR) is 77.8 cm³/mol. The summed E-state index contributed by atoms with van der Waals surface area (Å²) in [5.41, 5.74) is 5.19. The molecule has 0 aromatic rings. The zero-order chi connectivity index (χ0) is 14.8. The molecule has 1 saturated heterocycles. The summed E-state index contributed by atoms with van der Waals surface area (Å²) >= 11 is 0. The minimum absolute atomic E-state index is 0.0651. The molecule has 112 valence electrons. The maximum atomic E-state index is 12.6. The Morgan fingerprint density at radius 2 is 1.68 bits per heavy atom. The van der Waals surface area contributed by atoms with Crippen LogP contribution in [0.1, 0.15) is 48.0 Å². The molecule has 4 nitrogen and oxygen atoms in total. The number of carbonyl (C=O) groups excluding carboxylic acids is 1. The molecular formula is C15H30N2O2. The topological polar surface area (TPSA) is 55.6 Å². The molecule has 0 radical (unpaired) electrons. The number of amides is 1. The van der Waals surface area contributed by atoms with Gasteiger partial charge in [-0.25, -0.2) is 0 Å². The first kappa shape index (κ1) is 16.4. The number of rotatable bonds is 4. The molecule has 2 N–H and O–H groups in total. The highest BCUT2D eigenvalue weighted by Gasteiger charge is 2.41. The van der Waals surface area contributed by atoms with Crippen LogP contribution in [0.4, 0.5) is 0 Å². The summed E-state index contributed by atoms with van der Waals surface area (Å²) in [4.78, 5) is 14.6. The number of morpholine rings is 1. The molecule has 1 rings (SSSR count). The van der Waals surface area contributed by atoms with Crippen molar-refractivity contribution in [3.05, 3.63) is 0 Å². The predicted octanol–water partition coefficient (Wildman–Crippen LogP) is 2.02. The van der Waals surface area contributed by atoms with Crippen LogP contribution in [0.5, 0.6) is 0 Å². The zero-order valence-electron chi connectivity index (χ0n) is 13.3. The van der Waals surface area contributed by atoms with Crippen LogP contribution in [0.15, 0.2) is 0 Å². The van der Waals surface area contributed by atoms with Crippen LogP contribution in [-0.4, -0.2) is 41.6 Å². The van der Waals surface area contributed by atoms with E-state index in [0.29, 0.717) is 25.6 Å². The average molecular weight is 270 g/mol. The van der Waals surface area contributed by atoms with Gasteiger partial charge in [-0.2, -0.15) is 0 Å². The van der Waals surface area contributed by atoms with Crippen molar-refractivity contribution < 1.29 is 9.53 Å². The molecule has 0 aromatic heterocycles. The van der Waals surface area contributed by atoms with Gasteiger partial charge in [0.1, 0.15) is 0 Å². The quantitative estimate of drug-likeness (QED) is 0.850. The Hall–Kier alpha value is -0.610. The van der Waals surface area contributed by atoms with E-state index in [-0.39, 0.29) is 23.0 Å². The van der Waals surface area contributed by atoms with Gasteiger partial charge in [-0.3, -0.25) is 4.79 Å². The van der Waals surface area contributed by atoms with Gasteiger partial charge in [0.2, 0.25) is 5.91 Å². The van der Waals surface area contributed by atoms with Crippen molar-refractivity contribution in [1.29, 1.82) is 0 Å². The summed E-state index contributed by atoms with van der Waals surface area (Å²) in [7, 11) is 0. The van der Waals surface area contributed by atoms with E-state index in [9.17, 15) is 4.79 Å². The lowest BCUT2D eigenvalue weighted by Crippen LogP contribution is -2.60. The lowest BCUT2D eigenvalue weighted by Gasteiger charge is -2.47. The Morgan fingerprint density at radius 1 is 1.21 bits per heavy atom. The molecular weight excluding hydrogens is 240 g/mol. The summed E-state index contributed by atoms with van der Waals surface area (Å²) in [5, 5.41) is 0. The van der Waals surface area contributed by atoms with Gasteiger partial charge in [-0.05, 0) is 40.0 Å². The summed E-state index contributed by atoms with van der Waals surface area (Å²) < 4.78 is 6.01. The maximum absolute atomic E-state index is 12.6. The van der Waals surface area contributed by atoms with E-state index in [0.717, 1.165) is 6.42 Å². The molecule has 0 aliphatic carbocycles. The first-order chi connectivity index (χ1) is 8.56. The van der Waals surface area contributed by atoms with Gasteiger partial charge in [0.25, 0.3) is 0 Å². The van der Waals surface area contributed by atoms with Gasteiger partial charge >= 0.3 is 0 Å². The van der Waals surface area contributed by atoms with E-state index in [4.69, 9.17) is 10.5 Å². The summed E-state index contributed by atoms with van der Waals surface area (Å²) in [6, 6.07) is 0. The molecule has 4 heteroatoms. The van der Waals surface area contributed by atoms with Crippen molar-refractivity contribution in [3.63, 3.8) is 0 Å². The Morgan fingerprint density at radius 3 is 2.05 bits per heavy atom. The average Bonchev–Trinajstić information content (AvgIpc) is 2.20. The molecule has 1 fully saturated rings. The Bertz CT molecular complexity index is 308. The Kier molecular flexibility index (Phi) is 5.02. The minimum Gasteiger partial charge on any atom is -0.366 e. The number of ether oxygens (including phenoxy) is 1. The van der Waals surface area contributed by atoms with Crippen molar-refractivity contribution in [2.24, 2.45) is 17.6 Å². The van der Waals surface area contributed by atoms with E-state index in [1.165, 1.54) is 0 Å². The van der Waals surface area contributed by atoms with Gasteiger partial charge in [0.15, 0.2) is 0 Å². The largest absolute Gasteiger partial charge is 0.366 e. The van der Waals surface area contributed by atoms with Crippen molar-refractivity contribution in [3.8, 4) is 0 Å². The number of nitrogens with zero attached hydrogens (tertiary/aromatic N) is 1. The zero-order valence-corrected chi connectivity index (χ0v) is 13.3. The monoisotopic (exact) mass is 270 g/mol. The van der Waals surface area contributed by atoms with E-state index in [1.807, 2.05) is 32.6 Å². The Labute approximate surface area is 117 Å². The van der Waals surface area contributed by atoms with Crippen molar-refractivity contribution in [2.75, 3.05) is 19.6 Å². The molecule has 1 atom stereocenters. The lowest BCUT2D eigenvalue weighted by molar-refractivity contribution is -0.190. The fraction of sp³-hybridized carbons (Fsp3) is 0.933. The van der Waals surface area contributed by atoms with E-state index >= 15 is 0 Å². The van der Waals surface area contributed by atoms with E-state index in [1.54, 1.807) is 0 Å². The fourth-order valence-corrected chi connectivity index (χ4v) is 3.07. The molecule has 1 unspecified atom stereocenters. The van der Waals surface area contributed by atoms with Gasteiger partial charge in [0, 0.05) is 19.6 Å². The third-order valence-corrected chi connectivity index (χ3v) is 3.40. The van der Waals surface area contributed by atoms with Crippen LogP contribution in [0, 0.1) is 11.8 Å². The number of hydrogen-bond donors (Lipinski definition) is 1. The molecule has 1 amide bonds. The molecule has 1 aliphatic heterocycles. The standard InChI is InChI=1S/C15H30N2O2/c1-11(2)7-12(8-16)13(18)17-9-14(3,4)19-15(5,6)10-17/h11-12H,7-10,16H2,1-6H3. The fourth-order valence-electron chi connectivity index (χ4n) is 3.07. The molecule has 1 aliphatic rings. The van der Waals surface area contributed by atoms with E-state index < -0.39 is 0 Å². The molecule has 1 heterocycles. The van der Waals surface area contributed by atoms with Crippen LogP contribution in [-0.2, 0) is 9.53 Å². The summed E-state index contributed by atoms with van der Waals surface area (Å²) in [6.45, 7) is 14.1. The first-order valence-electron chi connectivity index (χ1n) is 7.25. The second-order valence-electron chi connectivity index (χ2n) is 7.38. The molecule has 0 spiro atoms. The molecule has 19 heavy (non-hydrogen) atoms. The normalized spacial score (nSPS) is 23.5. The lowest BCUT2D eigenvalue weighted by atomic mass is 9.93. The highest BCUT2D eigenvalue weighted by Crippen LogP contribution is 2.29. The number of hydrogen-bond acceptors (Lipinski definition) is 3. The maximum Gasteiger partial charge on any atom is 0.227 e. The number of carbonyl (C=O) groups is 1. The van der Waals surface area contributed by atoms with Crippen LogP contribution in [0.25, 0.3) is 0 Å². The summed E-state index contributed by atoms with van der Waals surface area (Å²) in [6.07, 6.45) is 0.855. The van der Waals surface area contributed by atoms with Crippen LogP contribution >= 0.6 is 0 Å². The SMILES string of the molecule is CC(C)CC(CN)C(=O)N1CC(C)(C)OC(C)(C)C1. The van der Waals surface area contributed by atoms with Crippen LogP contribution in [0.3, 0.4) is 0 Å². The van der Waals surface area contributed by atoms with Gasteiger partial charge in [-0.1, -0.05) is 13.8 Å². The van der Waals surface area contributed by atoms with E-state index in [2.05, 4.69) is 13.8 Å². The van der Waals surface area contributed by atoms with Crippen LogP contribution in [0.2, 0.25) is 0 Å². The number of nitrogens with two attached hydrogens (primary N) is 1.